The van der Waals surface area contributed by atoms with Crippen LogP contribution in [0.5, 0.6) is 0 Å². The Balaban J connectivity index is 0.000000200. The summed E-state index contributed by atoms with van der Waals surface area (Å²) in [6.45, 7) is 11.4. The van der Waals surface area contributed by atoms with Crippen LogP contribution in [0.3, 0.4) is 0 Å². The van der Waals surface area contributed by atoms with Gasteiger partial charge >= 0.3 is 0 Å². The summed E-state index contributed by atoms with van der Waals surface area (Å²) in [4.78, 5) is 49.5. The molecule has 41 heavy (non-hydrogen) atoms. The number of carbonyl (C=O) groups is 2. The highest BCUT2D eigenvalue weighted by atomic mass is 79.9. The van der Waals surface area contributed by atoms with E-state index >= 15 is 0 Å². The number of ketones is 2. The molecule has 0 fully saturated rings. The van der Waals surface area contributed by atoms with E-state index in [2.05, 4.69) is 59.0 Å². The monoisotopic (exact) mass is 632 g/mol. The lowest BCUT2D eigenvalue weighted by atomic mass is 9.87. The minimum Gasteiger partial charge on any atom is -0.344 e. The smallest absolute Gasteiger partial charge is 0.171 e. The van der Waals surface area contributed by atoms with Crippen molar-refractivity contribution in [3.8, 4) is 10.6 Å². The number of Topliss-reactive ketones (excluding diaryl/α,β-unsaturated/α-hetero) is 2. The van der Waals surface area contributed by atoms with E-state index in [1.54, 1.807) is 36.1 Å². The quantitative estimate of drug-likeness (QED) is 0.188. The fraction of sp³-hybridized carbons (Fsp3) is 0.290. The first-order valence-corrected chi connectivity index (χ1v) is 14.4. The fourth-order valence-electron chi connectivity index (χ4n) is 4.14. The molecule has 0 unspecified atom stereocenters. The van der Waals surface area contributed by atoms with Crippen molar-refractivity contribution in [2.24, 2.45) is 10.8 Å². The van der Waals surface area contributed by atoms with Crippen molar-refractivity contribution in [3.05, 3.63) is 70.8 Å². The normalized spacial score (nSPS) is 11.8. The molecule has 0 saturated carbocycles. The van der Waals surface area contributed by atoms with E-state index in [4.69, 9.17) is 4.98 Å². The van der Waals surface area contributed by atoms with Crippen molar-refractivity contribution in [1.82, 2.24) is 29.9 Å². The lowest BCUT2D eigenvalue weighted by molar-refractivity contribution is 0.0854. The number of rotatable bonds is 3. The van der Waals surface area contributed by atoms with Gasteiger partial charge in [0.05, 0.1) is 34.1 Å². The number of nitrogens with zero attached hydrogens (tertiary/aromatic N) is 4. The Bertz CT molecular complexity index is 1850. The van der Waals surface area contributed by atoms with Crippen LogP contribution in [0.25, 0.3) is 43.0 Å². The Morgan fingerprint density at radius 1 is 0.805 bits per heavy atom. The van der Waals surface area contributed by atoms with Gasteiger partial charge in [0.1, 0.15) is 15.6 Å². The Morgan fingerprint density at radius 3 is 1.90 bits per heavy atom. The van der Waals surface area contributed by atoms with Crippen molar-refractivity contribution in [3.63, 3.8) is 0 Å². The highest BCUT2D eigenvalue weighted by Crippen LogP contribution is 2.33. The number of aromatic amines is 2. The molecule has 0 aliphatic heterocycles. The first-order valence-electron chi connectivity index (χ1n) is 12.8. The van der Waals surface area contributed by atoms with Gasteiger partial charge in [-0.2, -0.15) is 0 Å². The summed E-state index contributed by atoms with van der Waals surface area (Å²) in [5.41, 5.74) is 3.67. The van der Waals surface area contributed by atoms with E-state index in [0.717, 1.165) is 10.6 Å². The molecule has 0 radical (unpaired) electrons. The third-order valence-electron chi connectivity index (χ3n) is 6.26. The number of thiophene rings is 1. The number of halogens is 1. The van der Waals surface area contributed by atoms with Gasteiger partial charge in [-0.15, -0.1) is 11.3 Å². The van der Waals surface area contributed by atoms with E-state index in [1.165, 1.54) is 10.1 Å². The summed E-state index contributed by atoms with van der Waals surface area (Å²) in [5, 5.41) is 1.19. The lowest BCUT2D eigenvalue weighted by Gasteiger charge is -2.15. The summed E-state index contributed by atoms with van der Waals surface area (Å²) in [6, 6.07) is 10.4. The molecule has 0 spiro atoms. The van der Waals surface area contributed by atoms with Gasteiger partial charge in [-0.25, -0.2) is 19.9 Å². The molecule has 212 valence electrons. The highest BCUT2D eigenvalue weighted by Gasteiger charge is 2.27. The molecule has 5 heterocycles. The maximum Gasteiger partial charge on any atom is 0.171 e. The van der Waals surface area contributed by atoms with E-state index in [1.807, 2.05) is 53.7 Å². The number of benzene rings is 1. The zero-order chi connectivity index (χ0) is 28.8. The molecule has 1 aromatic carbocycles. The molecular formula is C31H33BrN6O2S. The van der Waals surface area contributed by atoms with Crippen LogP contribution in [0.4, 0.5) is 0 Å². The second-order valence-electron chi connectivity index (χ2n) is 11.6. The number of fused-ring (bicyclic) bond motifs is 3. The summed E-state index contributed by atoms with van der Waals surface area (Å²) < 4.78 is 1.84. The molecular weight excluding hydrogens is 600 g/mol. The van der Waals surface area contributed by atoms with Gasteiger partial charge in [0, 0.05) is 27.9 Å². The first-order chi connectivity index (χ1) is 18.8. The number of hydrogen-bond donors (Lipinski definition) is 2. The van der Waals surface area contributed by atoms with Crippen LogP contribution in [-0.2, 0) is 0 Å². The van der Waals surface area contributed by atoms with Crippen LogP contribution in [0.2, 0.25) is 0 Å². The number of hydrogen-bond acceptors (Lipinski definition) is 7. The number of nitrogens with one attached hydrogen (secondary N) is 2. The second-order valence-corrected chi connectivity index (χ2v) is 13.5. The third-order valence-corrected chi connectivity index (χ3v) is 7.78. The zero-order valence-corrected chi connectivity index (χ0v) is 25.5. The van der Waals surface area contributed by atoms with Gasteiger partial charge in [-0.05, 0) is 33.4 Å². The predicted octanol–water partition coefficient (Wildman–Crippen LogP) is 8.65. The largest absolute Gasteiger partial charge is 0.344 e. The summed E-state index contributed by atoms with van der Waals surface area (Å²) in [7, 11) is 0. The Morgan fingerprint density at radius 2 is 1.34 bits per heavy atom. The minimum atomic E-state index is -0.454. The zero-order valence-electron chi connectivity index (χ0n) is 23.1. The van der Waals surface area contributed by atoms with Crippen LogP contribution in [-0.4, -0.2) is 41.5 Å². The molecule has 2 N–H and O–H groups in total. The molecule has 8 nitrogen and oxygen atoms in total. The van der Waals surface area contributed by atoms with E-state index < -0.39 is 10.8 Å². The molecule has 0 aliphatic carbocycles. The number of carbonyl (C=O) groups excluding carboxylic acids is 2. The van der Waals surface area contributed by atoms with Gasteiger partial charge in [-0.3, -0.25) is 9.59 Å². The van der Waals surface area contributed by atoms with Crippen molar-refractivity contribution < 1.29 is 9.59 Å². The Labute approximate surface area is 251 Å². The maximum atomic E-state index is 12.6. The summed E-state index contributed by atoms with van der Waals surface area (Å²) in [6.07, 6.45) is 6.75. The van der Waals surface area contributed by atoms with Crippen LogP contribution in [0, 0.1) is 10.8 Å². The van der Waals surface area contributed by atoms with E-state index in [0.29, 0.717) is 38.1 Å². The SMILES string of the molecule is C.CC(C)(C)C(=O)c1c[nH]c2ncc(-c3cc4ccccc4s3)nc12.CC(C)(C)C(=O)c1c[nH]c2ncc(Br)nc12. The fourth-order valence-corrected chi connectivity index (χ4v) is 5.44. The third kappa shape index (κ3) is 6.13. The minimum absolute atomic E-state index is 0. The molecule has 10 heteroatoms. The number of H-pyrrole nitrogens is 2. The van der Waals surface area contributed by atoms with Gasteiger partial charge in [0.25, 0.3) is 0 Å². The molecule has 0 saturated heterocycles. The maximum absolute atomic E-state index is 12.6. The first kappa shape index (κ1) is 30.2. The Hall–Kier alpha value is -3.76. The van der Waals surface area contributed by atoms with Crippen LogP contribution < -0.4 is 0 Å². The molecule has 6 rings (SSSR count). The Kier molecular flexibility index (Phi) is 8.29. The lowest BCUT2D eigenvalue weighted by Crippen LogP contribution is -2.20. The van der Waals surface area contributed by atoms with Gasteiger partial charge in [0.15, 0.2) is 22.9 Å². The van der Waals surface area contributed by atoms with Crippen molar-refractivity contribution in [2.75, 3.05) is 0 Å². The highest BCUT2D eigenvalue weighted by molar-refractivity contribution is 9.10. The van der Waals surface area contributed by atoms with E-state index in [9.17, 15) is 9.59 Å². The summed E-state index contributed by atoms with van der Waals surface area (Å²) in [5.74, 6) is 0.127. The molecule has 0 amide bonds. The van der Waals surface area contributed by atoms with Crippen molar-refractivity contribution in [2.45, 2.75) is 49.0 Å². The van der Waals surface area contributed by atoms with Crippen LogP contribution in [0.15, 0.2) is 59.7 Å². The average molecular weight is 634 g/mol. The molecule has 0 atom stereocenters. The van der Waals surface area contributed by atoms with Gasteiger partial charge in [0.2, 0.25) is 0 Å². The van der Waals surface area contributed by atoms with Crippen LogP contribution >= 0.6 is 27.3 Å². The second kappa shape index (κ2) is 11.3. The van der Waals surface area contributed by atoms with Gasteiger partial charge < -0.3 is 9.97 Å². The standard InChI is InChI=1S/C19H17N3OS.C11H12BrN3O.CH4/c1-19(2,3)17(23)12-9-20-18-16(12)22-13(10-21-18)15-8-11-6-4-5-7-14(11)24-15;1-11(2,3)9(16)6-4-13-10-8(6)15-7(12)5-14-10;/h4-10H,1-3H3,(H,20,21);4-5H,1-3H3,(H,13,14);1H4. The van der Waals surface area contributed by atoms with Crippen molar-refractivity contribution in [1.29, 1.82) is 0 Å². The van der Waals surface area contributed by atoms with Crippen molar-refractivity contribution >= 4 is 71.2 Å². The molecule has 0 bridgehead atoms. The van der Waals surface area contributed by atoms with Crippen LogP contribution in [0.1, 0.15) is 69.7 Å². The average Bonchev–Trinajstić information content (AvgIpc) is 3.62. The number of aromatic nitrogens is 6. The summed E-state index contributed by atoms with van der Waals surface area (Å²) >= 11 is 4.94. The predicted molar refractivity (Wildman–Crippen MR) is 171 cm³/mol. The topological polar surface area (TPSA) is 117 Å². The molecule has 6 aromatic rings. The molecule has 0 aliphatic rings. The molecule has 5 aromatic heterocycles. The van der Waals surface area contributed by atoms with E-state index in [-0.39, 0.29) is 19.0 Å². The van der Waals surface area contributed by atoms with Gasteiger partial charge in [-0.1, -0.05) is 67.2 Å².